The normalized spacial score (nSPS) is 10.2. The lowest BCUT2D eigenvalue weighted by molar-refractivity contribution is -0.254. The van der Waals surface area contributed by atoms with Gasteiger partial charge in [-0.1, -0.05) is 42.5 Å². The van der Waals surface area contributed by atoms with E-state index in [1.54, 1.807) is 12.1 Å². The Morgan fingerprint density at radius 2 is 1.44 bits per heavy atom. The summed E-state index contributed by atoms with van der Waals surface area (Å²) in [4.78, 5) is 11.0. The molecule has 0 saturated carbocycles. The molecule has 0 saturated heterocycles. The molecular weight excluding hydrogens is 226 g/mol. The summed E-state index contributed by atoms with van der Waals surface area (Å²) in [7, 11) is 0. The minimum atomic E-state index is -1.13. The van der Waals surface area contributed by atoms with Gasteiger partial charge in [-0.05, 0) is 33.7 Å². The summed E-state index contributed by atoms with van der Waals surface area (Å²) >= 11 is 0. The van der Waals surface area contributed by atoms with Gasteiger partial charge in [0.1, 0.15) is 0 Å². The molecule has 4 N–H and O–H groups in total. The van der Waals surface area contributed by atoms with E-state index in [0.717, 1.165) is 21.5 Å². The highest BCUT2D eigenvalue weighted by atomic mass is 16.4. The average molecular weight is 239 g/mol. The lowest BCUT2D eigenvalue weighted by atomic mass is 10.00. The number of carbonyl (C=O) groups is 1. The Morgan fingerprint density at radius 1 is 0.833 bits per heavy atom. The fourth-order valence-electron chi connectivity index (χ4n) is 2.14. The Hall–Kier alpha value is -2.39. The monoisotopic (exact) mass is 239 g/mol. The van der Waals surface area contributed by atoms with Crippen molar-refractivity contribution in [3.63, 3.8) is 0 Å². The molecule has 0 fully saturated rings. The van der Waals surface area contributed by atoms with E-state index in [4.69, 9.17) is 0 Å². The number of fused-ring (bicyclic) bond motifs is 2. The molecule has 3 nitrogen and oxygen atoms in total. The van der Waals surface area contributed by atoms with Crippen LogP contribution in [0.25, 0.3) is 21.5 Å². The standard InChI is InChI=1S/C15H10O2.H3N/c16-15(17)13-7-3-6-12-8-10-4-1-2-5-11(10)9-14(12)13;/h1-9H,(H,16,17);1H3. The van der Waals surface area contributed by atoms with Gasteiger partial charge in [0, 0.05) is 5.56 Å². The number of quaternary nitrogens is 1. The van der Waals surface area contributed by atoms with Crippen LogP contribution in [0, 0.1) is 0 Å². The zero-order valence-corrected chi connectivity index (χ0v) is 10.0. The second-order valence-electron chi connectivity index (χ2n) is 4.01. The third kappa shape index (κ3) is 1.81. The molecule has 0 aromatic heterocycles. The largest absolute Gasteiger partial charge is 0.545 e. The Kier molecular flexibility index (Phi) is 3.00. The number of carbonyl (C=O) groups excluding carboxylic acids is 1. The van der Waals surface area contributed by atoms with Crippen molar-refractivity contribution in [3.8, 4) is 0 Å². The molecule has 3 heteroatoms. The number of hydrogen-bond acceptors (Lipinski definition) is 2. The number of carboxylic acids is 1. The molecule has 3 aromatic carbocycles. The number of carboxylic acid groups (broad SMARTS) is 1. The maximum absolute atomic E-state index is 11.0. The second kappa shape index (κ2) is 4.47. The topological polar surface area (TPSA) is 76.6 Å². The predicted molar refractivity (Wildman–Crippen MR) is 71.8 cm³/mol. The molecule has 0 radical (unpaired) electrons. The fourth-order valence-corrected chi connectivity index (χ4v) is 2.14. The smallest absolute Gasteiger partial charge is 0.0721 e. The molecule has 0 aliphatic heterocycles. The van der Waals surface area contributed by atoms with Gasteiger partial charge >= 0.3 is 0 Å². The van der Waals surface area contributed by atoms with Gasteiger partial charge in [-0.25, -0.2) is 0 Å². The van der Waals surface area contributed by atoms with E-state index in [-0.39, 0.29) is 11.7 Å². The van der Waals surface area contributed by atoms with Crippen LogP contribution >= 0.6 is 0 Å². The van der Waals surface area contributed by atoms with E-state index >= 15 is 0 Å². The zero-order valence-electron chi connectivity index (χ0n) is 10.0. The molecule has 18 heavy (non-hydrogen) atoms. The highest BCUT2D eigenvalue weighted by molar-refractivity contribution is 6.07. The lowest BCUT2D eigenvalue weighted by Crippen LogP contribution is -2.22. The fraction of sp³-hybridized carbons (Fsp3) is 0. The lowest BCUT2D eigenvalue weighted by Gasteiger charge is -2.08. The van der Waals surface area contributed by atoms with Crippen LogP contribution in [-0.4, -0.2) is 5.97 Å². The third-order valence-corrected chi connectivity index (χ3v) is 2.97. The van der Waals surface area contributed by atoms with Gasteiger partial charge in [0.05, 0.1) is 5.97 Å². The van der Waals surface area contributed by atoms with Gasteiger partial charge in [-0.15, -0.1) is 0 Å². The summed E-state index contributed by atoms with van der Waals surface area (Å²) in [5.41, 5.74) is 0.244. The van der Waals surface area contributed by atoms with E-state index in [1.807, 2.05) is 42.5 Å². The summed E-state index contributed by atoms with van der Waals surface area (Å²) in [5.74, 6) is -1.13. The van der Waals surface area contributed by atoms with Crippen molar-refractivity contribution in [2.45, 2.75) is 0 Å². The van der Waals surface area contributed by atoms with Crippen LogP contribution in [-0.2, 0) is 0 Å². The molecule has 0 spiro atoms. The summed E-state index contributed by atoms with van der Waals surface area (Å²) < 4.78 is 0. The van der Waals surface area contributed by atoms with Crippen molar-refractivity contribution in [2.75, 3.05) is 0 Å². The molecular formula is C15H13NO2. The number of rotatable bonds is 1. The van der Waals surface area contributed by atoms with Crippen LogP contribution in [0.5, 0.6) is 0 Å². The quantitative estimate of drug-likeness (QED) is 0.663. The predicted octanol–water partition coefficient (Wildman–Crippen LogP) is 2.73. The maximum Gasteiger partial charge on any atom is 0.0721 e. The minimum Gasteiger partial charge on any atom is -0.545 e. The first-order valence-electron chi connectivity index (χ1n) is 5.38. The first kappa shape index (κ1) is 12.1. The maximum atomic E-state index is 11.0. The van der Waals surface area contributed by atoms with Gasteiger partial charge in [0.2, 0.25) is 0 Å². The Labute approximate surface area is 104 Å². The van der Waals surface area contributed by atoms with Crippen LogP contribution in [0.1, 0.15) is 10.4 Å². The van der Waals surface area contributed by atoms with Crippen molar-refractivity contribution in [1.82, 2.24) is 6.15 Å². The molecule has 0 amide bonds. The van der Waals surface area contributed by atoms with Crippen LogP contribution in [0.3, 0.4) is 0 Å². The Balaban J connectivity index is 0.00000120. The van der Waals surface area contributed by atoms with E-state index in [1.165, 1.54) is 0 Å². The average Bonchev–Trinajstić information content (AvgIpc) is 2.35. The van der Waals surface area contributed by atoms with Gasteiger partial charge < -0.3 is 16.1 Å². The zero-order chi connectivity index (χ0) is 11.8. The third-order valence-electron chi connectivity index (χ3n) is 2.97. The summed E-state index contributed by atoms with van der Waals surface area (Å²) in [5, 5.41) is 14.8. The first-order chi connectivity index (χ1) is 8.25. The van der Waals surface area contributed by atoms with E-state index in [0.29, 0.717) is 0 Å². The highest BCUT2D eigenvalue weighted by Crippen LogP contribution is 2.25. The van der Waals surface area contributed by atoms with Crippen molar-refractivity contribution in [1.29, 1.82) is 0 Å². The second-order valence-corrected chi connectivity index (χ2v) is 4.01. The van der Waals surface area contributed by atoms with Crippen molar-refractivity contribution in [3.05, 3.63) is 60.2 Å². The molecule has 90 valence electrons. The van der Waals surface area contributed by atoms with Gasteiger partial charge in [0.25, 0.3) is 0 Å². The number of benzene rings is 3. The van der Waals surface area contributed by atoms with Gasteiger partial charge in [-0.2, -0.15) is 0 Å². The van der Waals surface area contributed by atoms with E-state index in [2.05, 4.69) is 0 Å². The molecule has 0 aliphatic carbocycles. The summed E-state index contributed by atoms with van der Waals surface area (Å²) in [6.07, 6.45) is 0. The molecule has 0 atom stereocenters. The van der Waals surface area contributed by atoms with E-state index < -0.39 is 5.97 Å². The van der Waals surface area contributed by atoms with Gasteiger partial charge in [0.15, 0.2) is 0 Å². The first-order valence-corrected chi connectivity index (χ1v) is 5.38. The SMILES string of the molecule is O=C([O-])c1cccc2cc3ccccc3cc12.[NH4+]. The van der Waals surface area contributed by atoms with Crippen molar-refractivity contribution >= 4 is 27.5 Å². The van der Waals surface area contributed by atoms with Crippen LogP contribution in [0.15, 0.2) is 54.6 Å². The minimum absolute atomic E-state index is 0. The molecule has 0 bridgehead atoms. The Bertz CT molecular complexity index is 735. The molecule has 0 aliphatic rings. The van der Waals surface area contributed by atoms with Crippen molar-refractivity contribution in [2.24, 2.45) is 0 Å². The molecule has 3 rings (SSSR count). The summed E-state index contributed by atoms with van der Waals surface area (Å²) in [6.45, 7) is 0. The number of aromatic carboxylic acids is 1. The van der Waals surface area contributed by atoms with Gasteiger partial charge in [-0.3, -0.25) is 0 Å². The molecule has 0 unspecified atom stereocenters. The number of hydrogen-bond donors (Lipinski definition) is 1. The molecule has 0 heterocycles. The summed E-state index contributed by atoms with van der Waals surface area (Å²) in [6, 6.07) is 17.0. The molecule has 3 aromatic rings. The Morgan fingerprint density at radius 3 is 2.11 bits per heavy atom. The van der Waals surface area contributed by atoms with Crippen LogP contribution < -0.4 is 11.3 Å². The van der Waals surface area contributed by atoms with Crippen LogP contribution in [0.2, 0.25) is 0 Å². The van der Waals surface area contributed by atoms with E-state index in [9.17, 15) is 9.90 Å². The highest BCUT2D eigenvalue weighted by Gasteiger charge is 2.03. The van der Waals surface area contributed by atoms with Crippen molar-refractivity contribution < 1.29 is 9.90 Å². The van der Waals surface area contributed by atoms with Crippen LogP contribution in [0.4, 0.5) is 0 Å².